The van der Waals surface area contributed by atoms with Crippen molar-refractivity contribution in [2.45, 2.75) is 6.04 Å². The van der Waals surface area contributed by atoms with Gasteiger partial charge >= 0.3 is 5.97 Å². The number of methoxy groups -OCH3 is 1. The van der Waals surface area contributed by atoms with Crippen molar-refractivity contribution in [3.8, 4) is 11.5 Å². The number of nitrogens with zero attached hydrogens (tertiary/aromatic N) is 1. The summed E-state index contributed by atoms with van der Waals surface area (Å²) < 4.78 is 15.3. The van der Waals surface area contributed by atoms with Gasteiger partial charge in [-0.05, 0) is 23.6 Å². The fourth-order valence-corrected chi connectivity index (χ4v) is 2.16. The fourth-order valence-electron chi connectivity index (χ4n) is 2.16. The van der Waals surface area contributed by atoms with Gasteiger partial charge in [0.1, 0.15) is 11.9 Å². The highest BCUT2D eigenvalue weighted by molar-refractivity contribution is 5.95. The number of carbonyl (C=O) groups is 1. The molecule has 2 heterocycles. The van der Waals surface area contributed by atoms with Crippen molar-refractivity contribution in [3.63, 3.8) is 0 Å². The minimum absolute atomic E-state index is 0.184. The van der Waals surface area contributed by atoms with Crippen LogP contribution in [0.15, 0.2) is 24.4 Å². The lowest BCUT2D eigenvalue weighted by molar-refractivity contribution is -0.142. The lowest BCUT2D eigenvalue weighted by Gasteiger charge is -2.16. The number of nitrogens with one attached hydrogen (secondary N) is 1. The Morgan fingerprint density at radius 3 is 2.95 bits per heavy atom. The molecule has 2 N–H and O–H groups in total. The number of hydrogen-bond acceptors (Lipinski definition) is 7. The molecule has 0 aliphatic carbocycles. The van der Waals surface area contributed by atoms with Crippen molar-refractivity contribution in [3.05, 3.63) is 24.4 Å². The van der Waals surface area contributed by atoms with E-state index in [4.69, 9.17) is 9.47 Å². The Balaban J connectivity index is 2.00. The molecule has 0 saturated heterocycles. The molecule has 0 bridgehead atoms. The molecule has 1 atom stereocenters. The third-order valence-electron chi connectivity index (χ3n) is 3.24. The average molecular weight is 290 g/mol. The molecule has 0 fully saturated rings. The second-order valence-corrected chi connectivity index (χ2v) is 4.49. The van der Waals surface area contributed by atoms with Crippen molar-refractivity contribution in [2.75, 3.05) is 25.8 Å². The monoisotopic (exact) mass is 290 g/mol. The first-order valence-electron chi connectivity index (χ1n) is 6.36. The Morgan fingerprint density at radius 1 is 1.48 bits per heavy atom. The third kappa shape index (κ3) is 2.43. The Kier molecular flexibility index (Phi) is 3.49. The second-order valence-electron chi connectivity index (χ2n) is 4.49. The molecule has 1 unspecified atom stereocenters. The molecule has 110 valence electrons. The number of anilines is 1. The van der Waals surface area contributed by atoms with Crippen molar-refractivity contribution < 1.29 is 24.1 Å². The van der Waals surface area contributed by atoms with Gasteiger partial charge in [-0.3, -0.25) is 0 Å². The number of aliphatic hydroxyl groups excluding tert-OH is 1. The number of esters is 1. The predicted molar refractivity (Wildman–Crippen MR) is 74.4 cm³/mol. The van der Waals surface area contributed by atoms with E-state index >= 15 is 0 Å². The van der Waals surface area contributed by atoms with Gasteiger partial charge in [-0.25, -0.2) is 9.78 Å². The summed E-state index contributed by atoms with van der Waals surface area (Å²) in [6.07, 6.45) is 1.61. The zero-order chi connectivity index (χ0) is 14.8. The second kappa shape index (κ2) is 5.45. The molecule has 3 rings (SSSR count). The number of carbonyl (C=O) groups excluding carboxylic acids is 1. The van der Waals surface area contributed by atoms with E-state index in [0.717, 1.165) is 10.8 Å². The summed E-state index contributed by atoms with van der Waals surface area (Å²) in [7, 11) is 1.27. The first-order chi connectivity index (χ1) is 10.2. The van der Waals surface area contributed by atoms with E-state index in [1.807, 2.05) is 12.1 Å². The van der Waals surface area contributed by atoms with Gasteiger partial charge in [0.15, 0.2) is 11.5 Å². The average Bonchev–Trinajstić information content (AvgIpc) is 2.97. The SMILES string of the molecule is COC(=O)C(CO)Nc1nccc2cc3c(cc12)OCO3. The lowest BCUT2D eigenvalue weighted by Crippen LogP contribution is -2.34. The molecule has 7 heteroatoms. The summed E-state index contributed by atoms with van der Waals surface area (Å²) in [4.78, 5) is 15.8. The predicted octanol–water partition coefficient (Wildman–Crippen LogP) is 0.909. The van der Waals surface area contributed by atoms with E-state index in [1.165, 1.54) is 7.11 Å². The number of benzene rings is 1. The number of ether oxygens (including phenoxy) is 3. The fraction of sp³-hybridized carbons (Fsp3) is 0.286. The Hall–Kier alpha value is -2.54. The quantitative estimate of drug-likeness (QED) is 0.809. The summed E-state index contributed by atoms with van der Waals surface area (Å²) in [5, 5.41) is 13.8. The van der Waals surface area contributed by atoms with Crippen LogP contribution in [0.1, 0.15) is 0 Å². The molecule has 0 spiro atoms. The van der Waals surface area contributed by atoms with Crippen molar-refractivity contribution in [1.29, 1.82) is 0 Å². The van der Waals surface area contributed by atoms with E-state index in [2.05, 4.69) is 15.0 Å². The van der Waals surface area contributed by atoms with Gasteiger partial charge in [-0.2, -0.15) is 0 Å². The Morgan fingerprint density at radius 2 is 2.24 bits per heavy atom. The highest BCUT2D eigenvalue weighted by atomic mass is 16.7. The third-order valence-corrected chi connectivity index (χ3v) is 3.24. The van der Waals surface area contributed by atoms with Gasteiger partial charge in [-0.15, -0.1) is 0 Å². The molecule has 7 nitrogen and oxygen atoms in total. The van der Waals surface area contributed by atoms with Crippen molar-refractivity contribution in [1.82, 2.24) is 4.98 Å². The minimum Gasteiger partial charge on any atom is -0.467 e. The maximum atomic E-state index is 11.6. The summed E-state index contributed by atoms with van der Waals surface area (Å²) in [5.41, 5.74) is 0. The van der Waals surface area contributed by atoms with Gasteiger partial charge in [-0.1, -0.05) is 0 Å². The van der Waals surface area contributed by atoms with E-state index in [1.54, 1.807) is 12.3 Å². The van der Waals surface area contributed by atoms with Crippen molar-refractivity contribution in [2.24, 2.45) is 0 Å². The smallest absolute Gasteiger partial charge is 0.330 e. The molecule has 0 saturated carbocycles. The summed E-state index contributed by atoms with van der Waals surface area (Å²) in [5.74, 6) is 1.20. The van der Waals surface area contributed by atoms with Crippen LogP contribution in [-0.2, 0) is 9.53 Å². The zero-order valence-corrected chi connectivity index (χ0v) is 11.3. The lowest BCUT2D eigenvalue weighted by atomic mass is 10.1. The molecule has 0 radical (unpaired) electrons. The number of aliphatic hydroxyl groups is 1. The van der Waals surface area contributed by atoms with Crippen LogP contribution in [0.3, 0.4) is 0 Å². The molecule has 1 aromatic carbocycles. The van der Waals surface area contributed by atoms with Crippen LogP contribution in [0.4, 0.5) is 5.82 Å². The molecule has 2 aromatic rings. The van der Waals surface area contributed by atoms with Crippen LogP contribution in [-0.4, -0.2) is 42.6 Å². The van der Waals surface area contributed by atoms with E-state index in [0.29, 0.717) is 17.3 Å². The molecule has 1 aromatic heterocycles. The standard InChI is InChI=1S/C14H14N2O5/c1-19-14(18)10(6-17)16-13-9-5-12-11(20-7-21-12)4-8(9)2-3-15-13/h2-5,10,17H,6-7H2,1H3,(H,15,16). The molecular weight excluding hydrogens is 276 g/mol. The van der Waals surface area contributed by atoms with Gasteiger partial charge in [0.2, 0.25) is 6.79 Å². The van der Waals surface area contributed by atoms with Gasteiger partial charge in [0, 0.05) is 11.6 Å². The highest BCUT2D eigenvalue weighted by Gasteiger charge is 2.21. The molecular formula is C14H14N2O5. The van der Waals surface area contributed by atoms with Crippen molar-refractivity contribution >= 4 is 22.6 Å². The zero-order valence-electron chi connectivity index (χ0n) is 11.3. The topological polar surface area (TPSA) is 89.9 Å². The summed E-state index contributed by atoms with van der Waals surface area (Å²) in [6.45, 7) is -0.210. The molecule has 1 aliphatic rings. The number of aromatic nitrogens is 1. The largest absolute Gasteiger partial charge is 0.467 e. The number of pyridine rings is 1. The van der Waals surface area contributed by atoms with Gasteiger partial charge in [0.25, 0.3) is 0 Å². The van der Waals surface area contributed by atoms with Gasteiger partial charge < -0.3 is 24.6 Å². The maximum absolute atomic E-state index is 11.6. The highest BCUT2D eigenvalue weighted by Crippen LogP contribution is 2.37. The summed E-state index contributed by atoms with van der Waals surface area (Å²) in [6, 6.07) is 4.59. The number of rotatable bonds is 4. The Labute approximate surface area is 120 Å². The number of hydrogen-bond donors (Lipinski definition) is 2. The van der Waals surface area contributed by atoms with Gasteiger partial charge in [0.05, 0.1) is 13.7 Å². The maximum Gasteiger partial charge on any atom is 0.330 e. The van der Waals surface area contributed by atoms with Crippen LogP contribution in [0.25, 0.3) is 10.8 Å². The first-order valence-corrected chi connectivity index (χ1v) is 6.36. The Bertz CT molecular complexity index is 688. The van der Waals surface area contributed by atoms with E-state index in [9.17, 15) is 9.90 Å². The van der Waals surface area contributed by atoms with Crippen LogP contribution in [0.2, 0.25) is 0 Å². The normalized spacial score (nSPS) is 14.0. The van der Waals surface area contributed by atoms with Crippen LogP contribution in [0.5, 0.6) is 11.5 Å². The summed E-state index contributed by atoms with van der Waals surface area (Å²) >= 11 is 0. The van der Waals surface area contributed by atoms with Crippen LogP contribution < -0.4 is 14.8 Å². The van der Waals surface area contributed by atoms with E-state index < -0.39 is 18.6 Å². The van der Waals surface area contributed by atoms with Crippen LogP contribution in [0, 0.1) is 0 Å². The first kappa shape index (κ1) is 13.4. The molecule has 21 heavy (non-hydrogen) atoms. The number of fused-ring (bicyclic) bond motifs is 2. The molecule has 1 aliphatic heterocycles. The van der Waals surface area contributed by atoms with Crippen LogP contribution >= 0.6 is 0 Å². The minimum atomic E-state index is -0.876. The molecule has 0 amide bonds. The van der Waals surface area contributed by atoms with E-state index in [-0.39, 0.29) is 6.79 Å².